The molecule has 0 saturated heterocycles. The van der Waals surface area contributed by atoms with Gasteiger partial charge in [0.25, 0.3) is 0 Å². The van der Waals surface area contributed by atoms with E-state index in [0.717, 1.165) is 25.8 Å². The van der Waals surface area contributed by atoms with Gasteiger partial charge in [0.05, 0.1) is 0 Å². The van der Waals surface area contributed by atoms with Crippen LogP contribution in [0.2, 0.25) is 0 Å². The molecule has 4 atom stereocenters. The van der Waals surface area contributed by atoms with Crippen molar-refractivity contribution < 1.29 is 29.6 Å². The standard InChI is InChI=1S/C15H30N2O6.C9H21N/c1-2-3-4-5-6-7-8-9-23-13(15(17)22)11(19)10(18)12(20)14(16)21;1-2-3-4-5-6-7-8-9-10/h10-13,18-20H,2-9H2,1H3,(H2,16,21)(H2,17,22);2-10H2,1H3/t10-,11-,12-,13+;/m0./s1. The molecule has 0 rings (SSSR count). The number of amides is 2. The summed E-state index contributed by atoms with van der Waals surface area (Å²) in [7, 11) is 0. The number of ether oxygens (including phenoxy) is 1. The van der Waals surface area contributed by atoms with Crippen LogP contribution < -0.4 is 17.2 Å². The molecule has 9 N–H and O–H groups in total. The third-order valence-corrected chi connectivity index (χ3v) is 5.41. The van der Waals surface area contributed by atoms with Gasteiger partial charge in [-0.2, -0.15) is 0 Å². The van der Waals surface area contributed by atoms with Gasteiger partial charge in [-0.3, -0.25) is 9.59 Å². The van der Waals surface area contributed by atoms with Crippen molar-refractivity contribution in [3.63, 3.8) is 0 Å². The van der Waals surface area contributed by atoms with Crippen LogP contribution in [0.5, 0.6) is 0 Å². The molecule has 0 radical (unpaired) electrons. The molecule has 0 saturated carbocycles. The molecule has 0 aromatic carbocycles. The van der Waals surface area contributed by atoms with Crippen molar-refractivity contribution in [1.82, 2.24) is 0 Å². The van der Waals surface area contributed by atoms with Crippen LogP contribution in [-0.4, -0.2) is 64.7 Å². The summed E-state index contributed by atoms with van der Waals surface area (Å²) in [6, 6.07) is 0. The Morgan fingerprint density at radius 1 is 0.667 bits per heavy atom. The lowest BCUT2D eigenvalue weighted by Crippen LogP contribution is -2.53. The van der Waals surface area contributed by atoms with E-state index in [9.17, 15) is 24.9 Å². The minimum absolute atomic E-state index is 0.178. The molecule has 0 aliphatic carbocycles. The smallest absolute Gasteiger partial charge is 0.249 e. The van der Waals surface area contributed by atoms with Gasteiger partial charge in [-0.15, -0.1) is 0 Å². The number of aliphatic hydroxyl groups excluding tert-OH is 3. The number of aliphatic hydroxyl groups is 3. The van der Waals surface area contributed by atoms with Gasteiger partial charge in [0, 0.05) is 6.61 Å². The Morgan fingerprint density at radius 3 is 1.48 bits per heavy atom. The van der Waals surface area contributed by atoms with E-state index >= 15 is 0 Å². The second kappa shape index (κ2) is 23.9. The van der Waals surface area contributed by atoms with E-state index in [2.05, 4.69) is 13.8 Å². The van der Waals surface area contributed by atoms with Gasteiger partial charge in [-0.05, 0) is 19.4 Å². The zero-order chi connectivity index (χ0) is 25.5. The zero-order valence-electron chi connectivity index (χ0n) is 20.9. The number of rotatable bonds is 21. The van der Waals surface area contributed by atoms with Gasteiger partial charge in [0.1, 0.15) is 12.2 Å². The first-order valence-corrected chi connectivity index (χ1v) is 12.7. The van der Waals surface area contributed by atoms with Gasteiger partial charge in [0.2, 0.25) is 11.8 Å². The minimum atomic E-state index is -2.01. The average Bonchev–Trinajstić information content (AvgIpc) is 2.79. The molecule has 33 heavy (non-hydrogen) atoms. The molecule has 0 aliphatic rings. The Morgan fingerprint density at radius 2 is 1.09 bits per heavy atom. The van der Waals surface area contributed by atoms with Gasteiger partial charge >= 0.3 is 0 Å². The molecular formula is C24H51N3O6. The normalized spacial score (nSPS) is 14.6. The first-order chi connectivity index (χ1) is 15.7. The first kappa shape index (κ1) is 33.9. The van der Waals surface area contributed by atoms with Crippen molar-refractivity contribution >= 4 is 11.8 Å². The number of hydrogen-bond acceptors (Lipinski definition) is 7. The lowest BCUT2D eigenvalue weighted by Gasteiger charge is -2.26. The molecule has 9 heteroatoms. The largest absolute Gasteiger partial charge is 0.387 e. The number of nitrogens with two attached hydrogens (primary N) is 3. The Kier molecular flexibility index (Phi) is 24.5. The van der Waals surface area contributed by atoms with Gasteiger partial charge in [-0.25, -0.2) is 0 Å². The monoisotopic (exact) mass is 477 g/mol. The second-order valence-electron chi connectivity index (χ2n) is 8.55. The van der Waals surface area contributed by atoms with Gasteiger partial charge < -0.3 is 37.3 Å². The summed E-state index contributed by atoms with van der Waals surface area (Å²) in [6.07, 6.45) is 9.58. The molecule has 9 nitrogen and oxygen atoms in total. The maximum Gasteiger partial charge on any atom is 0.249 e. The van der Waals surface area contributed by atoms with Crippen LogP contribution in [0.1, 0.15) is 104 Å². The SMILES string of the molecule is CCCCCCCCCN.CCCCCCCCCO[C@@H](C(N)=O)[C@@H](O)[C@H](O)[C@H](O)C(N)=O. The fourth-order valence-corrected chi connectivity index (χ4v) is 3.25. The predicted octanol–water partition coefficient (Wildman–Crippen LogP) is 1.87. The predicted molar refractivity (Wildman–Crippen MR) is 131 cm³/mol. The van der Waals surface area contributed by atoms with Crippen molar-refractivity contribution in [3.05, 3.63) is 0 Å². The Balaban J connectivity index is 0. The van der Waals surface area contributed by atoms with Crippen LogP contribution in [-0.2, 0) is 14.3 Å². The highest BCUT2D eigenvalue weighted by molar-refractivity contribution is 5.81. The third kappa shape index (κ3) is 19.9. The highest BCUT2D eigenvalue weighted by Gasteiger charge is 2.37. The Hall–Kier alpha value is -1.26. The fraction of sp³-hybridized carbons (Fsp3) is 0.917. The molecule has 0 aliphatic heterocycles. The maximum absolute atomic E-state index is 11.3. The topological polar surface area (TPSA) is 182 Å². The van der Waals surface area contributed by atoms with Crippen molar-refractivity contribution in [2.24, 2.45) is 17.2 Å². The summed E-state index contributed by atoms with van der Waals surface area (Å²) in [4.78, 5) is 22.1. The van der Waals surface area contributed by atoms with Crippen molar-refractivity contribution in [1.29, 1.82) is 0 Å². The number of primary amides is 2. The molecule has 0 aromatic rings. The van der Waals surface area contributed by atoms with Crippen LogP contribution in [0.3, 0.4) is 0 Å². The van der Waals surface area contributed by atoms with E-state index in [0.29, 0.717) is 6.42 Å². The molecule has 0 unspecified atom stereocenters. The Bertz CT molecular complexity index is 459. The molecule has 0 spiro atoms. The summed E-state index contributed by atoms with van der Waals surface area (Å²) in [6.45, 7) is 5.44. The highest BCUT2D eigenvalue weighted by Crippen LogP contribution is 2.11. The minimum Gasteiger partial charge on any atom is -0.387 e. The lowest BCUT2D eigenvalue weighted by molar-refractivity contribution is -0.158. The Labute approximate surface area is 200 Å². The number of unbranched alkanes of at least 4 members (excludes halogenated alkanes) is 12. The number of hydrogen-bond donors (Lipinski definition) is 6. The number of carbonyl (C=O) groups excluding carboxylic acids is 2. The lowest BCUT2D eigenvalue weighted by atomic mass is 10.0. The molecule has 198 valence electrons. The highest BCUT2D eigenvalue weighted by atomic mass is 16.5. The van der Waals surface area contributed by atoms with Crippen LogP contribution in [0.4, 0.5) is 0 Å². The molecule has 0 heterocycles. The van der Waals surface area contributed by atoms with Crippen LogP contribution in [0.25, 0.3) is 0 Å². The van der Waals surface area contributed by atoms with Crippen molar-refractivity contribution in [3.8, 4) is 0 Å². The van der Waals surface area contributed by atoms with E-state index in [-0.39, 0.29) is 6.61 Å². The van der Waals surface area contributed by atoms with Crippen LogP contribution >= 0.6 is 0 Å². The van der Waals surface area contributed by atoms with E-state index < -0.39 is 36.2 Å². The maximum atomic E-state index is 11.3. The molecule has 0 fully saturated rings. The second-order valence-corrected chi connectivity index (χ2v) is 8.55. The molecule has 2 amide bonds. The van der Waals surface area contributed by atoms with Crippen molar-refractivity contribution in [2.45, 2.75) is 128 Å². The quantitative estimate of drug-likeness (QED) is 0.136. The fourth-order valence-electron chi connectivity index (χ4n) is 3.25. The van der Waals surface area contributed by atoms with Gasteiger partial charge in [-0.1, -0.05) is 90.9 Å². The molecule has 0 aromatic heterocycles. The van der Waals surface area contributed by atoms with Gasteiger partial charge in [0.15, 0.2) is 12.2 Å². The zero-order valence-corrected chi connectivity index (χ0v) is 20.9. The van der Waals surface area contributed by atoms with E-state index in [1.807, 2.05) is 0 Å². The van der Waals surface area contributed by atoms with E-state index in [1.54, 1.807) is 0 Å². The van der Waals surface area contributed by atoms with Crippen LogP contribution in [0, 0.1) is 0 Å². The number of carbonyl (C=O) groups is 2. The summed E-state index contributed by atoms with van der Waals surface area (Å²) in [5, 5.41) is 28.8. The summed E-state index contributed by atoms with van der Waals surface area (Å²) in [5.41, 5.74) is 15.3. The van der Waals surface area contributed by atoms with Crippen LogP contribution in [0.15, 0.2) is 0 Å². The van der Waals surface area contributed by atoms with Crippen molar-refractivity contribution in [2.75, 3.05) is 13.2 Å². The summed E-state index contributed by atoms with van der Waals surface area (Å²) in [5.74, 6) is -2.21. The average molecular weight is 478 g/mol. The molecular weight excluding hydrogens is 426 g/mol. The van der Waals surface area contributed by atoms with E-state index in [1.165, 1.54) is 64.2 Å². The van der Waals surface area contributed by atoms with E-state index in [4.69, 9.17) is 21.9 Å². The summed E-state index contributed by atoms with van der Waals surface area (Å²) >= 11 is 0. The third-order valence-electron chi connectivity index (χ3n) is 5.41. The summed E-state index contributed by atoms with van der Waals surface area (Å²) < 4.78 is 5.20. The molecule has 0 bridgehead atoms. The first-order valence-electron chi connectivity index (χ1n) is 12.7.